The van der Waals surface area contributed by atoms with Gasteiger partial charge in [-0.05, 0) is 17.7 Å². The number of esters is 1. The lowest BCUT2D eigenvalue weighted by Crippen LogP contribution is -2.34. The molecule has 0 saturated heterocycles. The highest BCUT2D eigenvalue weighted by Gasteiger charge is 2.25. The summed E-state index contributed by atoms with van der Waals surface area (Å²) >= 11 is 0. The maximum absolute atomic E-state index is 12.5. The van der Waals surface area contributed by atoms with Gasteiger partial charge in [-0.25, -0.2) is 4.79 Å². The molecule has 1 N–H and O–H groups in total. The summed E-state index contributed by atoms with van der Waals surface area (Å²) in [5.74, 6) is -1.47. The van der Waals surface area contributed by atoms with Crippen LogP contribution in [0.15, 0.2) is 69.9 Å². The van der Waals surface area contributed by atoms with Crippen LogP contribution in [0.3, 0.4) is 0 Å². The van der Waals surface area contributed by atoms with E-state index in [0.29, 0.717) is 16.5 Å². The van der Waals surface area contributed by atoms with Gasteiger partial charge in [-0.15, -0.1) is 0 Å². The van der Waals surface area contributed by atoms with E-state index in [9.17, 15) is 14.4 Å². The van der Waals surface area contributed by atoms with Crippen molar-refractivity contribution in [3.63, 3.8) is 0 Å². The van der Waals surface area contributed by atoms with Crippen molar-refractivity contribution in [2.24, 2.45) is 0 Å². The summed E-state index contributed by atoms with van der Waals surface area (Å²) in [6.07, 6.45) is 0. The van der Waals surface area contributed by atoms with Gasteiger partial charge in [-0.2, -0.15) is 0 Å². The minimum Gasteiger partial charge on any atom is -0.467 e. The fourth-order valence-corrected chi connectivity index (χ4v) is 2.46. The molecular formula is C19H15NO5. The van der Waals surface area contributed by atoms with Crippen LogP contribution < -0.4 is 10.7 Å². The average Bonchev–Trinajstić information content (AvgIpc) is 2.66. The zero-order chi connectivity index (χ0) is 17.8. The Morgan fingerprint density at radius 2 is 1.72 bits per heavy atom. The second-order valence-corrected chi connectivity index (χ2v) is 5.31. The molecule has 0 radical (unpaired) electrons. The van der Waals surface area contributed by atoms with Crippen LogP contribution in [0.2, 0.25) is 0 Å². The van der Waals surface area contributed by atoms with Crippen LogP contribution >= 0.6 is 0 Å². The number of hydrogen-bond acceptors (Lipinski definition) is 5. The molecule has 0 fully saturated rings. The number of nitrogens with one attached hydrogen (secondary N) is 1. The fourth-order valence-electron chi connectivity index (χ4n) is 2.46. The van der Waals surface area contributed by atoms with Gasteiger partial charge in [0, 0.05) is 6.07 Å². The van der Waals surface area contributed by atoms with Gasteiger partial charge in [0.15, 0.2) is 17.2 Å². The molecule has 0 aliphatic carbocycles. The third-order valence-corrected chi connectivity index (χ3v) is 3.70. The molecule has 3 aromatic rings. The van der Waals surface area contributed by atoms with Crippen LogP contribution in [-0.4, -0.2) is 19.0 Å². The van der Waals surface area contributed by atoms with E-state index in [1.165, 1.54) is 7.11 Å². The maximum Gasteiger partial charge on any atom is 0.333 e. The molecule has 1 aromatic heterocycles. The maximum atomic E-state index is 12.5. The minimum atomic E-state index is -1.00. The summed E-state index contributed by atoms with van der Waals surface area (Å²) in [7, 11) is 1.24. The first-order valence-corrected chi connectivity index (χ1v) is 7.56. The monoisotopic (exact) mass is 337 g/mol. The molecule has 0 unspecified atom stereocenters. The van der Waals surface area contributed by atoms with E-state index in [0.717, 1.165) is 6.07 Å². The van der Waals surface area contributed by atoms with Crippen molar-refractivity contribution in [2.45, 2.75) is 6.04 Å². The SMILES string of the molecule is COC(=O)[C@H](NC(=O)c1cc(=O)c2ccccc2o1)c1ccccc1. The Labute approximate surface area is 143 Å². The first-order chi connectivity index (χ1) is 12.1. The number of fused-ring (bicyclic) bond motifs is 1. The van der Waals surface area contributed by atoms with Gasteiger partial charge in [0.1, 0.15) is 5.58 Å². The van der Waals surface area contributed by atoms with Crippen LogP contribution in [0.25, 0.3) is 11.0 Å². The molecule has 126 valence electrons. The Bertz CT molecular complexity index is 978. The molecule has 2 aromatic carbocycles. The quantitative estimate of drug-likeness (QED) is 0.739. The zero-order valence-corrected chi connectivity index (χ0v) is 13.4. The van der Waals surface area contributed by atoms with E-state index in [1.54, 1.807) is 54.6 Å². The van der Waals surface area contributed by atoms with E-state index < -0.39 is 17.9 Å². The van der Waals surface area contributed by atoms with E-state index in [-0.39, 0.29) is 11.2 Å². The van der Waals surface area contributed by atoms with Gasteiger partial charge in [0.05, 0.1) is 12.5 Å². The van der Waals surface area contributed by atoms with Gasteiger partial charge >= 0.3 is 5.97 Å². The molecule has 1 amide bonds. The third-order valence-electron chi connectivity index (χ3n) is 3.70. The molecule has 25 heavy (non-hydrogen) atoms. The van der Waals surface area contributed by atoms with Crippen molar-refractivity contribution in [3.8, 4) is 0 Å². The summed E-state index contributed by atoms with van der Waals surface area (Å²) in [6, 6.07) is 15.4. The molecule has 6 heteroatoms. The smallest absolute Gasteiger partial charge is 0.333 e. The predicted octanol–water partition coefficient (Wildman–Crippen LogP) is 2.44. The number of carbonyl (C=O) groups excluding carboxylic acids is 2. The molecule has 0 aliphatic rings. The Hall–Kier alpha value is -3.41. The number of benzene rings is 2. The lowest BCUT2D eigenvalue weighted by molar-refractivity contribution is -0.143. The Kier molecular flexibility index (Phi) is 4.61. The summed E-state index contributed by atoms with van der Waals surface area (Å²) < 4.78 is 10.2. The van der Waals surface area contributed by atoms with Crippen molar-refractivity contribution in [3.05, 3.63) is 82.2 Å². The number of ether oxygens (including phenoxy) is 1. The second-order valence-electron chi connectivity index (χ2n) is 5.31. The van der Waals surface area contributed by atoms with E-state index >= 15 is 0 Å². The number of methoxy groups -OCH3 is 1. The minimum absolute atomic E-state index is 0.173. The number of amides is 1. The lowest BCUT2D eigenvalue weighted by atomic mass is 10.1. The van der Waals surface area contributed by atoms with Crippen molar-refractivity contribution < 1.29 is 18.7 Å². The van der Waals surface area contributed by atoms with Gasteiger partial charge in [0.2, 0.25) is 0 Å². The summed E-state index contributed by atoms with van der Waals surface area (Å²) in [6.45, 7) is 0. The second kappa shape index (κ2) is 7.00. The Morgan fingerprint density at radius 3 is 2.44 bits per heavy atom. The summed E-state index contributed by atoms with van der Waals surface area (Å²) in [5.41, 5.74) is 0.529. The molecule has 3 rings (SSSR count). The predicted molar refractivity (Wildman–Crippen MR) is 91.1 cm³/mol. The van der Waals surface area contributed by atoms with Gasteiger partial charge < -0.3 is 14.5 Å². The van der Waals surface area contributed by atoms with Gasteiger partial charge in [0.25, 0.3) is 5.91 Å². The van der Waals surface area contributed by atoms with Crippen LogP contribution in [0.4, 0.5) is 0 Å². The van der Waals surface area contributed by atoms with Crippen LogP contribution in [0, 0.1) is 0 Å². The molecule has 1 heterocycles. The summed E-state index contributed by atoms with van der Waals surface area (Å²) in [4.78, 5) is 36.6. The van der Waals surface area contributed by atoms with Crippen LogP contribution in [-0.2, 0) is 9.53 Å². The third kappa shape index (κ3) is 3.42. The van der Waals surface area contributed by atoms with Crippen molar-refractivity contribution in [1.82, 2.24) is 5.32 Å². The highest BCUT2D eigenvalue weighted by Crippen LogP contribution is 2.16. The Balaban J connectivity index is 1.94. The van der Waals surface area contributed by atoms with Gasteiger partial charge in [-0.1, -0.05) is 42.5 Å². The Morgan fingerprint density at radius 1 is 1.04 bits per heavy atom. The largest absolute Gasteiger partial charge is 0.467 e. The van der Waals surface area contributed by atoms with Crippen LogP contribution in [0.1, 0.15) is 22.2 Å². The first-order valence-electron chi connectivity index (χ1n) is 7.56. The zero-order valence-electron chi connectivity index (χ0n) is 13.4. The highest BCUT2D eigenvalue weighted by molar-refractivity contribution is 5.96. The fraction of sp³-hybridized carbons (Fsp3) is 0.105. The molecule has 0 aliphatic heterocycles. The van der Waals surface area contributed by atoms with Crippen molar-refractivity contribution >= 4 is 22.8 Å². The molecule has 0 spiro atoms. The van der Waals surface area contributed by atoms with Crippen LogP contribution in [0.5, 0.6) is 0 Å². The number of carbonyl (C=O) groups is 2. The molecule has 0 saturated carbocycles. The van der Waals surface area contributed by atoms with E-state index in [2.05, 4.69) is 5.32 Å². The van der Waals surface area contributed by atoms with E-state index in [4.69, 9.17) is 9.15 Å². The standard InChI is InChI=1S/C19H15NO5/c1-24-19(23)17(12-7-3-2-4-8-12)20-18(22)16-11-14(21)13-9-5-6-10-15(13)25-16/h2-11,17H,1H3,(H,20,22)/t17-/m1/s1. The highest BCUT2D eigenvalue weighted by atomic mass is 16.5. The van der Waals surface area contributed by atoms with E-state index in [1.807, 2.05) is 0 Å². The van der Waals surface area contributed by atoms with Crippen molar-refractivity contribution in [2.75, 3.05) is 7.11 Å². The van der Waals surface area contributed by atoms with Crippen molar-refractivity contribution in [1.29, 1.82) is 0 Å². The topological polar surface area (TPSA) is 85.6 Å². The molecule has 1 atom stereocenters. The molecular weight excluding hydrogens is 322 g/mol. The number of rotatable bonds is 4. The molecule has 6 nitrogen and oxygen atoms in total. The molecule has 0 bridgehead atoms. The normalized spacial score (nSPS) is 11.7. The number of hydrogen-bond donors (Lipinski definition) is 1. The lowest BCUT2D eigenvalue weighted by Gasteiger charge is -2.16. The first kappa shape index (κ1) is 16.4. The number of para-hydroxylation sites is 1. The average molecular weight is 337 g/mol. The van der Waals surface area contributed by atoms with Gasteiger partial charge in [-0.3, -0.25) is 9.59 Å². The summed E-state index contributed by atoms with van der Waals surface area (Å²) in [5, 5.41) is 2.93.